The normalized spacial score (nSPS) is 14.6. The molecule has 28 heavy (non-hydrogen) atoms. The third-order valence-electron chi connectivity index (χ3n) is 4.76. The molecule has 1 saturated heterocycles. The molecule has 148 valence electrons. The number of amides is 1. The summed E-state index contributed by atoms with van der Waals surface area (Å²) in [5.74, 6) is -0.509. The average molecular weight is 405 g/mol. The smallest absolute Gasteiger partial charge is 0.340 e. The van der Waals surface area contributed by atoms with Gasteiger partial charge in [0, 0.05) is 26.1 Å². The molecular formula is C19H21ClN4O4. The molecule has 2 aromatic rings. The Morgan fingerprint density at radius 3 is 2.57 bits per heavy atom. The second-order valence-electron chi connectivity index (χ2n) is 6.52. The Morgan fingerprint density at radius 2 is 1.93 bits per heavy atom. The molecule has 2 heterocycles. The van der Waals surface area contributed by atoms with E-state index >= 15 is 0 Å². The quantitative estimate of drug-likeness (QED) is 0.784. The molecule has 0 saturated carbocycles. The van der Waals surface area contributed by atoms with Crippen molar-refractivity contribution < 1.29 is 14.3 Å². The van der Waals surface area contributed by atoms with E-state index in [0.717, 1.165) is 17.5 Å². The summed E-state index contributed by atoms with van der Waals surface area (Å²) >= 11 is 6.30. The molecule has 1 aromatic carbocycles. The van der Waals surface area contributed by atoms with E-state index in [4.69, 9.17) is 16.3 Å². The fourth-order valence-electron chi connectivity index (χ4n) is 3.20. The number of carbonyl (C=O) groups excluding carboxylic acids is 2. The van der Waals surface area contributed by atoms with Crippen molar-refractivity contribution in [3.8, 4) is 5.69 Å². The number of likely N-dealkylation sites (tertiary alicyclic amines) is 1. The second-order valence-corrected chi connectivity index (χ2v) is 6.90. The number of esters is 1. The third kappa shape index (κ3) is 4.01. The number of nitrogens with one attached hydrogen (secondary N) is 1. The number of anilines is 1. The summed E-state index contributed by atoms with van der Waals surface area (Å²) in [5.41, 5.74) is 0.402. The number of para-hydroxylation sites is 1. The summed E-state index contributed by atoms with van der Waals surface area (Å²) in [5, 5.41) is 7.41. The summed E-state index contributed by atoms with van der Waals surface area (Å²) < 4.78 is 5.84. The first-order chi connectivity index (χ1) is 13.4. The van der Waals surface area contributed by atoms with E-state index in [1.54, 1.807) is 36.1 Å². The summed E-state index contributed by atoms with van der Waals surface area (Å²) in [7, 11) is 1.27. The molecule has 0 aliphatic carbocycles. The molecule has 1 N–H and O–H groups in total. The number of nitrogens with zero attached hydrogens (tertiary/aromatic N) is 3. The van der Waals surface area contributed by atoms with E-state index in [-0.39, 0.29) is 22.5 Å². The first-order valence-corrected chi connectivity index (χ1v) is 9.27. The highest BCUT2D eigenvalue weighted by molar-refractivity contribution is 6.33. The zero-order valence-corrected chi connectivity index (χ0v) is 16.4. The van der Waals surface area contributed by atoms with Gasteiger partial charge in [-0.1, -0.05) is 23.7 Å². The van der Waals surface area contributed by atoms with Gasteiger partial charge in [0.2, 0.25) is 5.91 Å². The highest BCUT2D eigenvalue weighted by Crippen LogP contribution is 2.22. The molecule has 1 aliphatic heterocycles. The van der Waals surface area contributed by atoms with Crippen LogP contribution in [0.2, 0.25) is 5.02 Å². The van der Waals surface area contributed by atoms with Crippen molar-refractivity contribution in [2.24, 2.45) is 0 Å². The van der Waals surface area contributed by atoms with Crippen LogP contribution in [-0.4, -0.2) is 52.8 Å². The van der Waals surface area contributed by atoms with Gasteiger partial charge in [0.25, 0.3) is 5.56 Å². The van der Waals surface area contributed by atoms with Crippen LogP contribution in [0.5, 0.6) is 0 Å². The Hall–Kier alpha value is -2.87. The molecule has 0 unspecified atom stereocenters. The van der Waals surface area contributed by atoms with Gasteiger partial charge in [-0.3, -0.25) is 9.59 Å². The van der Waals surface area contributed by atoms with Crippen molar-refractivity contribution in [1.82, 2.24) is 14.7 Å². The standard InChI is InChI=1S/C19H21ClN4O4/c1-12(25)23-9-7-13(8-10-23)22-15-11-21-24(18(26)17(15)20)16-6-4-3-5-14(16)19(27)28-2/h3-6,11,13,22H,7-10H2,1-2H3. The lowest BCUT2D eigenvalue weighted by Gasteiger charge is -2.32. The minimum absolute atomic E-state index is 0.0105. The second kappa shape index (κ2) is 8.43. The van der Waals surface area contributed by atoms with Crippen LogP contribution in [0.1, 0.15) is 30.1 Å². The molecule has 0 spiro atoms. The van der Waals surface area contributed by atoms with E-state index in [1.807, 2.05) is 0 Å². The van der Waals surface area contributed by atoms with E-state index in [0.29, 0.717) is 24.5 Å². The Morgan fingerprint density at radius 1 is 1.25 bits per heavy atom. The topological polar surface area (TPSA) is 93.5 Å². The molecule has 0 bridgehead atoms. The van der Waals surface area contributed by atoms with Crippen LogP contribution in [0.4, 0.5) is 5.69 Å². The zero-order chi connectivity index (χ0) is 20.3. The maximum absolute atomic E-state index is 12.8. The van der Waals surface area contributed by atoms with Crippen molar-refractivity contribution in [3.05, 3.63) is 51.4 Å². The predicted octanol–water partition coefficient (Wildman–Crippen LogP) is 2.10. The van der Waals surface area contributed by atoms with E-state index in [9.17, 15) is 14.4 Å². The van der Waals surface area contributed by atoms with Crippen LogP contribution in [0.15, 0.2) is 35.3 Å². The lowest BCUT2D eigenvalue weighted by atomic mass is 10.0. The number of hydrogen-bond donors (Lipinski definition) is 1. The number of methoxy groups -OCH3 is 1. The Kier molecular flexibility index (Phi) is 5.99. The SMILES string of the molecule is COC(=O)c1ccccc1-n1ncc(NC2CCN(C(C)=O)CC2)c(Cl)c1=O. The van der Waals surface area contributed by atoms with Crippen molar-refractivity contribution >= 4 is 29.2 Å². The summed E-state index contributed by atoms with van der Waals surface area (Å²) in [4.78, 5) is 37.9. The first kappa shape index (κ1) is 19.9. The van der Waals surface area contributed by atoms with Crippen LogP contribution in [-0.2, 0) is 9.53 Å². The van der Waals surface area contributed by atoms with Gasteiger partial charge >= 0.3 is 5.97 Å². The maximum atomic E-state index is 12.8. The van der Waals surface area contributed by atoms with Gasteiger partial charge in [-0.05, 0) is 25.0 Å². The lowest BCUT2D eigenvalue weighted by molar-refractivity contribution is -0.129. The number of ether oxygens (including phenoxy) is 1. The van der Waals surface area contributed by atoms with Gasteiger partial charge in [0.1, 0.15) is 5.02 Å². The van der Waals surface area contributed by atoms with E-state index < -0.39 is 11.5 Å². The van der Waals surface area contributed by atoms with Gasteiger partial charge in [-0.15, -0.1) is 0 Å². The number of aromatic nitrogens is 2. The molecule has 1 fully saturated rings. The number of hydrogen-bond acceptors (Lipinski definition) is 6. The third-order valence-corrected chi connectivity index (χ3v) is 5.12. The highest BCUT2D eigenvalue weighted by Gasteiger charge is 2.22. The van der Waals surface area contributed by atoms with Crippen LogP contribution in [0.25, 0.3) is 5.69 Å². The van der Waals surface area contributed by atoms with Gasteiger partial charge in [0.05, 0.1) is 30.2 Å². The van der Waals surface area contributed by atoms with E-state index in [2.05, 4.69) is 10.4 Å². The van der Waals surface area contributed by atoms with Crippen molar-refractivity contribution in [1.29, 1.82) is 0 Å². The van der Waals surface area contributed by atoms with Crippen LogP contribution < -0.4 is 10.9 Å². The van der Waals surface area contributed by atoms with Crippen LogP contribution in [0, 0.1) is 0 Å². The van der Waals surface area contributed by atoms with E-state index in [1.165, 1.54) is 13.3 Å². The monoisotopic (exact) mass is 404 g/mol. The van der Waals surface area contributed by atoms with Crippen molar-refractivity contribution in [3.63, 3.8) is 0 Å². The highest BCUT2D eigenvalue weighted by atomic mass is 35.5. The number of rotatable bonds is 4. The summed E-state index contributed by atoms with van der Waals surface area (Å²) in [6.45, 7) is 2.86. The molecule has 1 amide bonds. The van der Waals surface area contributed by atoms with Gasteiger partial charge in [-0.2, -0.15) is 9.78 Å². The van der Waals surface area contributed by atoms with Crippen molar-refractivity contribution in [2.45, 2.75) is 25.8 Å². The fraction of sp³-hybridized carbons (Fsp3) is 0.368. The fourth-order valence-corrected chi connectivity index (χ4v) is 3.39. The number of piperidine rings is 1. The van der Waals surface area contributed by atoms with Gasteiger partial charge in [0.15, 0.2) is 0 Å². The number of carbonyl (C=O) groups is 2. The maximum Gasteiger partial charge on any atom is 0.340 e. The average Bonchev–Trinajstić information content (AvgIpc) is 2.71. The van der Waals surface area contributed by atoms with Gasteiger partial charge in [-0.25, -0.2) is 4.79 Å². The zero-order valence-electron chi connectivity index (χ0n) is 15.6. The molecule has 3 rings (SSSR count). The predicted molar refractivity (Wildman–Crippen MR) is 105 cm³/mol. The molecule has 8 nitrogen and oxygen atoms in total. The minimum atomic E-state index is -0.570. The number of benzene rings is 1. The lowest BCUT2D eigenvalue weighted by Crippen LogP contribution is -2.41. The van der Waals surface area contributed by atoms with Gasteiger partial charge < -0.3 is 15.0 Å². The molecule has 0 radical (unpaired) electrons. The summed E-state index contributed by atoms with van der Waals surface area (Å²) in [6, 6.07) is 6.61. The minimum Gasteiger partial charge on any atom is -0.465 e. The summed E-state index contributed by atoms with van der Waals surface area (Å²) in [6.07, 6.45) is 2.98. The number of halogens is 1. The molecule has 9 heteroatoms. The largest absolute Gasteiger partial charge is 0.465 e. The molecule has 0 atom stereocenters. The van der Waals surface area contributed by atoms with Crippen LogP contribution >= 0.6 is 11.6 Å². The Balaban J connectivity index is 1.84. The molecule has 1 aliphatic rings. The molecule has 1 aromatic heterocycles. The van der Waals surface area contributed by atoms with Crippen LogP contribution in [0.3, 0.4) is 0 Å². The van der Waals surface area contributed by atoms with Crippen molar-refractivity contribution in [2.75, 3.05) is 25.5 Å². The Bertz CT molecular complexity index is 951. The molecular weight excluding hydrogens is 384 g/mol. The first-order valence-electron chi connectivity index (χ1n) is 8.90. The Labute approximate surface area is 167 Å².